The minimum Gasteiger partial charge on any atom is -0.496 e. The molecule has 0 atom stereocenters. The predicted octanol–water partition coefficient (Wildman–Crippen LogP) is 3.67. The summed E-state index contributed by atoms with van der Waals surface area (Å²) in [5.41, 5.74) is 6.06. The van der Waals surface area contributed by atoms with Crippen molar-refractivity contribution in [2.75, 3.05) is 52.1 Å². The highest BCUT2D eigenvalue weighted by molar-refractivity contribution is 6.33. The van der Waals surface area contributed by atoms with Gasteiger partial charge < -0.3 is 35.6 Å². The van der Waals surface area contributed by atoms with E-state index in [4.69, 9.17) is 26.8 Å². The van der Waals surface area contributed by atoms with Crippen LogP contribution in [0.25, 0.3) is 0 Å². The SMILES string of the molecule is COc1cc(N)c(Cl)cc1C(=O)NC1CCN(CC2CCN(C(=O)CCCNC(=O)OC(C)(C)C)CC2)CC1. The second-order valence-corrected chi connectivity index (χ2v) is 11.9. The second-order valence-electron chi connectivity index (χ2n) is 11.5. The van der Waals surface area contributed by atoms with Crippen LogP contribution in [0.2, 0.25) is 5.02 Å². The van der Waals surface area contributed by atoms with Gasteiger partial charge in [-0.15, -0.1) is 0 Å². The molecule has 218 valence electrons. The number of hydrogen-bond donors (Lipinski definition) is 3. The molecule has 1 aromatic rings. The van der Waals surface area contributed by atoms with Crippen molar-refractivity contribution in [1.29, 1.82) is 0 Å². The Balaban J connectivity index is 1.32. The number of halogens is 1. The Bertz CT molecular complexity index is 999. The summed E-state index contributed by atoms with van der Waals surface area (Å²) >= 11 is 6.12. The van der Waals surface area contributed by atoms with Gasteiger partial charge in [0.15, 0.2) is 0 Å². The molecule has 11 heteroatoms. The van der Waals surface area contributed by atoms with Crippen LogP contribution >= 0.6 is 11.6 Å². The molecule has 0 unspecified atom stereocenters. The Morgan fingerprint density at radius 1 is 1.08 bits per heavy atom. The van der Waals surface area contributed by atoms with Gasteiger partial charge in [0.05, 0.1) is 23.4 Å². The highest BCUT2D eigenvalue weighted by atomic mass is 35.5. The van der Waals surface area contributed by atoms with Crippen LogP contribution < -0.4 is 21.1 Å². The highest BCUT2D eigenvalue weighted by Gasteiger charge is 2.27. The molecule has 0 bridgehead atoms. The van der Waals surface area contributed by atoms with Crippen molar-refractivity contribution in [1.82, 2.24) is 20.4 Å². The first-order valence-corrected chi connectivity index (χ1v) is 14.2. The van der Waals surface area contributed by atoms with Crippen molar-refractivity contribution in [3.05, 3.63) is 22.7 Å². The van der Waals surface area contributed by atoms with Crippen LogP contribution in [-0.4, -0.2) is 85.7 Å². The molecular formula is C28H44ClN5O5. The number of amides is 3. The van der Waals surface area contributed by atoms with Crippen molar-refractivity contribution < 1.29 is 23.9 Å². The lowest BCUT2D eigenvalue weighted by atomic mass is 9.94. The number of methoxy groups -OCH3 is 1. The first-order valence-electron chi connectivity index (χ1n) is 13.9. The summed E-state index contributed by atoms with van der Waals surface area (Å²) in [7, 11) is 1.50. The molecule has 2 aliphatic rings. The van der Waals surface area contributed by atoms with Gasteiger partial charge in [-0.05, 0) is 64.9 Å². The maximum absolute atomic E-state index is 12.8. The number of nitrogen functional groups attached to an aromatic ring is 1. The van der Waals surface area contributed by atoms with Crippen molar-refractivity contribution in [2.24, 2.45) is 5.92 Å². The summed E-state index contributed by atoms with van der Waals surface area (Å²) in [4.78, 5) is 41.6. The number of nitrogens with one attached hydrogen (secondary N) is 2. The van der Waals surface area contributed by atoms with Crippen molar-refractivity contribution in [3.8, 4) is 5.75 Å². The summed E-state index contributed by atoms with van der Waals surface area (Å²) in [5.74, 6) is 0.921. The summed E-state index contributed by atoms with van der Waals surface area (Å²) in [6, 6.07) is 3.22. The van der Waals surface area contributed by atoms with Gasteiger partial charge in [-0.25, -0.2) is 4.79 Å². The van der Waals surface area contributed by atoms with Gasteiger partial charge in [0.1, 0.15) is 11.4 Å². The first kappa shape index (κ1) is 30.8. The van der Waals surface area contributed by atoms with E-state index in [1.165, 1.54) is 7.11 Å². The number of rotatable bonds is 9. The van der Waals surface area contributed by atoms with Crippen molar-refractivity contribution in [3.63, 3.8) is 0 Å². The number of likely N-dealkylation sites (tertiary alicyclic amines) is 2. The van der Waals surface area contributed by atoms with E-state index in [2.05, 4.69) is 15.5 Å². The molecule has 0 aliphatic carbocycles. The molecule has 0 saturated carbocycles. The van der Waals surface area contributed by atoms with Crippen molar-refractivity contribution >= 4 is 35.2 Å². The van der Waals surface area contributed by atoms with E-state index < -0.39 is 11.7 Å². The average Bonchev–Trinajstić information content (AvgIpc) is 2.88. The lowest BCUT2D eigenvalue weighted by Crippen LogP contribution is -2.47. The van der Waals surface area contributed by atoms with Gasteiger partial charge in [0.2, 0.25) is 5.91 Å². The molecule has 2 saturated heterocycles. The van der Waals surface area contributed by atoms with Crippen LogP contribution in [0.3, 0.4) is 0 Å². The number of carbonyl (C=O) groups is 3. The zero-order chi connectivity index (χ0) is 28.6. The zero-order valence-corrected chi connectivity index (χ0v) is 24.4. The Kier molecular flexibility index (Phi) is 11.1. The lowest BCUT2D eigenvalue weighted by Gasteiger charge is -2.38. The highest BCUT2D eigenvalue weighted by Crippen LogP contribution is 2.29. The molecule has 0 spiro atoms. The number of carbonyl (C=O) groups excluding carboxylic acids is 3. The van der Waals surface area contributed by atoms with Crippen LogP contribution in [0.1, 0.15) is 69.7 Å². The largest absolute Gasteiger partial charge is 0.496 e. The third-order valence-electron chi connectivity index (χ3n) is 7.21. The number of nitrogens with zero attached hydrogens (tertiary/aromatic N) is 2. The molecule has 1 aromatic carbocycles. The molecular weight excluding hydrogens is 522 g/mol. The number of piperidine rings is 2. The van der Waals surface area contributed by atoms with E-state index in [0.717, 1.165) is 58.4 Å². The lowest BCUT2D eigenvalue weighted by molar-refractivity contribution is -0.132. The number of anilines is 1. The molecule has 0 aromatic heterocycles. The minimum atomic E-state index is -0.530. The Morgan fingerprint density at radius 3 is 2.36 bits per heavy atom. The average molecular weight is 566 g/mol. The van der Waals surface area contributed by atoms with E-state index in [-0.39, 0.29) is 17.9 Å². The Morgan fingerprint density at radius 2 is 1.74 bits per heavy atom. The standard InChI is InChI=1S/C28H44ClN5O5/c1-28(2,3)39-27(37)31-11-5-6-25(35)34-14-7-19(8-15-34)18-33-12-9-20(10-13-33)32-26(36)21-16-22(29)23(30)17-24(21)38-4/h16-17,19-20H,5-15,18,30H2,1-4H3,(H,31,37)(H,32,36). The molecule has 3 amide bonds. The maximum atomic E-state index is 12.8. The number of ether oxygens (including phenoxy) is 2. The minimum absolute atomic E-state index is 0.0964. The number of hydrogen-bond acceptors (Lipinski definition) is 7. The number of nitrogens with two attached hydrogens (primary N) is 1. The fourth-order valence-electron chi connectivity index (χ4n) is 5.07. The fraction of sp³-hybridized carbons (Fsp3) is 0.679. The Labute approximate surface area is 236 Å². The molecule has 2 heterocycles. The fourth-order valence-corrected chi connectivity index (χ4v) is 5.23. The molecule has 2 fully saturated rings. The van der Waals surface area contributed by atoms with E-state index in [1.54, 1.807) is 12.1 Å². The van der Waals surface area contributed by atoms with E-state index >= 15 is 0 Å². The first-order chi connectivity index (χ1) is 18.4. The van der Waals surface area contributed by atoms with E-state index in [9.17, 15) is 14.4 Å². The predicted molar refractivity (Wildman–Crippen MR) is 152 cm³/mol. The van der Waals surface area contributed by atoms with Gasteiger partial charge in [-0.3, -0.25) is 9.59 Å². The third-order valence-corrected chi connectivity index (χ3v) is 7.53. The molecule has 3 rings (SSSR count). The van der Waals surface area contributed by atoms with E-state index in [1.807, 2.05) is 25.7 Å². The van der Waals surface area contributed by atoms with Crippen LogP contribution in [0.15, 0.2) is 12.1 Å². The maximum Gasteiger partial charge on any atom is 0.407 e. The monoisotopic (exact) mass is 565 g/mol. The quantitative estimate of drug-likeness (QED) is 0.308. The summed E-state index contributed by atoms with van der Waals surface area (Å²) in [6.07, 6.45) is 4.33. The number of alkyl carbamates (subject to hydrolysis) is 1. The van der Waals surface area contributed by atoms with Crippen LogP contribution in [0.5, 0.6) is 5.75 Å². The van der Waals surface area contributed by atoms with Gasteiger partial charge in [-0.2, -0.15) is 0 Å². The third kappa shape index (κ3) is 9.76. The van der Waals surface area contributed by atoms with Gasteiger partial charge in [0, 0.05) is 57.8 Å². The molecule has 0 radical (unpaired) electrons. The normalized spacial score (nSPS) is 17.5. The molecule has 39 heavy (non-hydrogen) atoms. The summed E-state index contributed by atoms with van der Waals surface area (Å²) in [5, 5.41) is 6.15. The summed E-state index contributed by atoms with van der Waals surface area (Å²) in [6.45, 7) is 10.3. The summed E-state index contributed by atoms with van der Waals surface area (Å²) < 4.78 is 10.5. The molecule has 10 nitrogen and oxygen atoms in total. The second kappa shape index (κ2) is 14.1. The van der Waals surface area contributed by atoms with Crippen LogP contribution in [0.4, 0.5) is 10.5 Å². The Hall–Kier alpha value is -2.72. The van der Waals surface area contributed by atoms with Crippen LogP contribution in [0, 0.1) is 5.92 Å². The van der Waals surface area contributed by atoms with Gasteiger partial charge >= 0.3 is 6.09 Å². The van der Waals surface area contributed by atoms with E-state index in [0.29, 0.717) is 47.3 Å². The van der Waals surface area contributed by atoms with Gasteiger partial charge in [-0.1, -0.05) is 11.6 Å². The van der Waals surface area contributed by atoms with Crippen molar-refractivity contribution in [2.45, 2.75) is 70.9 Å². The molecule has 4 N–H and O–H groups in total. The number of benzene rings is 1. The van der Waals surface area contributed by atoms with Crippen LogP contribution in [-0.2, 0) is 9.53 Å². The zero-order valence-electron chi connectivity index (χ0n) is 23.7. The topological polar surface area (TPSA) is 126 Å². The molecule has 2 aliphatic heterocycles. The smallest absolute Gasteiger partial charge is 0.407 e. The van der Waals surface area contributed by atoms with Gasteiger partial charge in [0.25, 0.3) is 5.91 Å².